The molecule has 0 saturated carbocycles. The Labute approximate surface area is 109 Å². The van der Waals surface area contributed by atoms with Crippen molar-refractivity contribution in [3.05, 3.63) is 41.1 Å². The molecule has 0 saturated heterocycles. The number of aromatic nitrogens is 1. The van der Waals surface area contributed by atoms with Crippen molar-refractivity contribution in [3.8, 4) is 5.75 Å². The van der Waals surface area contributed by atoms with Crippen LogP contribution < -0.4 is 10.1 Å². The van der Waals surface area contributed by atoms with Crippen molar-refractivity contribution in [2.45, 2.75) is 6.10 Å². The van der Waals surface area contributed by atoms with Crippen molar-refractivity contribution in [2.24, 2.45) is 0 Å². The minimum Gasteiger partial charge on any atom is -0.495 e. The number of anilines is 1. The van der Waals surface area contributed by atoms with E-state index in [9.17, 15) is 5.11 Å². The first kappa shape index (κ1) is 12.7. The molecule has 2 aromatic rings. The molecule has 6 heteroatoms. The molecule has 2 rings (SSSR count). The van der Waals surface area contributed by atoms with E-state index in [0.29, 0.717) is 12.3 Å². The Balaban J connectivity index is 2.01. The van der Waals surface area contributed by atoms with Gasteiger partial charge < -0.3 is 24.6 Å². The fourth-order valence-corrected chi connectivity index (χ4v) is 1.71. The van der Waals surface area contributed by atoms with E-state index in [-0.39, 0.29) is 4.84 Å². The zero-order valence-corrected chi connectivity index (χ0v) is 10.7. The number of aliphatic hydroxyl groups is 1. The molecule has 3 N–H and O–H groups in total. The maximum absolute atomic E-state index is 9.90. The summed E-state index contributed by atoms with van der Waals surface area (Å²) in [5, 5.41) is 13.0. The van der Waals surface area contributed by atoms with Gasteiger partial charge in [-0.05, 0) is 24.4 Å². The van der Waals surface area contributed by atoms with Crippen molar-refractivity contribution in [1.29, 1.82) is 0 Å². The smallest absolute Gasteiger partial charge is 0.266 e. The number of aromatic amines is 1. The van der Waals surface area contributed by atoms with Crippen molar-refractivity contribution in [2.75, 3.05) is 19.0 Å². The van der Waals surface area contributed by atoms with Crippen LogP contribution in [0.25, 0.3) is 0 Å². The van der Waals surface area contributed by atoms with E-state index in [1.165, 1.54) is 0 Å². The van der Waals surface area contributed by atoms with Gasteiger partial charge in [-0.1, -0.05) is 12.1 Å². The van der Waals surface area contributed by atoms with E-state index in [1.807, 2.05) is 24.3 Å². The predicted octanol–water partition coefficient (Wildman–Crippen LogP) is 2.49. The van der Waals surface area contributed by atoms with E-state index in [1.54, 1.807) is 13.3 Å². The largest absolute Gasteiger partial charge is 0.495 e. The van der Waals surface area contributed by atoms with Crippen LogP contribution in [-0.4, -0.2) is 23.7 Å². The lowest BCUT2D eigenvalue weighted by atomic mass is 10.2. The molecule has 0 amide bonds. The Hall–Kier alpha value is -1.79. The lowest BCUT2D eigenvalue weighted by Crippen LogP contribution is -2.12. The number of oxazole rings is 1. The van der Waals surface area contributed by atoms with Gasteiger partial charge in [0.05, 0.1) is 12.8 Å². The van der Waals surface area contributed by atoms with Crippen LogP contribution in [0.1, 0.15) is 11.9 Å². The fourth-order valence-electron chi connectivity index (χ4n) is 1.56. The molecule has 18 heavy (non-hydrogen) atoms. The van der Waals surface area contributed by atoms with Crippen LogP contribution in [0.5, 0.6) is 5.75 Å². The minimum absolute atomic E-state index is 0.251. The number of para-hydroxylation sites is 2. The van der Waals surface area contributed by atoms with Crippen molar-refractivity contribution >= 4 is 17.9 Å². The first-order chi connectivity index (χ1) is 8.70. The topological polar surface area (TPSA) is 70.4 Å². The van der Waals surface area contributed by atoms with Gasteiger partial charge in [-0.25, -0.2) is 0 Å². The summed E-state index contributed by atoms with van der Waals surface area (Å²) in [6, 6.07) is 7.49. The highest BCUT2D eigenvalue weighted by Gasteiger charge is 2.12. The third-order valence-electron chi connectivity index (χ3n) is 2.46. The number of ether oxygens (including phenoxy) is 1. The summed E-state index contributed by atoms with van der Waals surface area (Å²) < 4.78 is 10.3. The summed E-state index contributed by atoms with van der Waals surface area (Å²) in [4.78, 5) is 2.96. The Bertz CT molecular complexity index is 564. The number of aliphatic hydroxyl groups excluding tert-OH is 1. The molecule has 0 aliphatic heterocycles. The summed E-state index contributed by atoms with van der Waals surface area (Å²) >= 11 is 4.80. The Morgan fingerprint density at radius 3 is 2.94 bits per heavy atom. The SMILES string of the molecule is COc1ccccc1NCC(O)c1c[nH]c(=S)o1. The van der Waals surface area contributed by atoms with E-state index >= 15 is 0 Å². The van der Waals surface area contributed by atoms with Gasteiger partial charge >= 0.3 is 0 Å². The van der Waals surface area contributed by atoms with Crippen LogP contribution in [-0.2, 0) is 0 Å². The quantitative estimate of drug-likeness (QED) is 0.725. The molecular formula is C12H14N2O3S. The molecule has 1 heterocycles. The highest BCUT2D eigenvalue weighted by atomic mass is 32.1. The van der Waals surface area contributed by atoms with Crippen LogP contribution in [0, 0.1) is 4.84 Å². The van der Waals surface area contributed by atoms with Crippen molar-refractivity contribution < 1.29 is 14.3 Å². The molecular weight excluding hydrogens is 252 g/mol. The van der Waals surface area contributed by atoms with Gasteiger partial charge in [0.15, 0.2) is 5.76 Å². The molecule has 0 aliphatic rings. The van der Waals surface area contributed by atoms with Gasteiger partial charge in [0.1, 0.15) is 11.9 Å². The number of methoxy groups -OCH3 is 1. The van der Waals surface area contributed by atoms with E-state index in [0.717, 1.165) is 11.4 Å². The zero-order valence-electron chi connectivity index (χ0n) is 9.84. The summed E-state index contributed by atoms with van der Waals surface area (Å²) in [6.07, 6.45) is 0.777. The number of H-pyrrole nitrogens is 1. The van der Waals surface area contributed by atoms with Crippen molar-refractivity contribution in [3.63, 3.8) is 0 Å². The van der Waals surface area contributed by atoms with Gasteiger partial charge in [0, 0.05) is 12.7 Å². The molecule has 96 valence electrons. The van der Waals surface area contributed by atoms with Crippen LogP contribution in [0.15, 0.2) is 34.9 Å². The number of nitrogens with one attached hydrogen (secondary N) is 2. The second-order valence-electron chi connectivity index (χ2n) is 3.68. The van der Waals surface area contributed by atoms with E-state index in [4.69, 9.17) is 21.4 Å². The third-order valence-corrected chi connectivity index (χ3v) is 2.67. The predicted molar refractivity (Wildman–Crippen MR) is 70.3 cm³/mol. The second kappa shape index (κ2) is 5.70. The molecule has 1 atom stereocenters. The fraction of sp³-hybridized carbons (Fsp3) is 0.250. The minimum atomic E-state index is -0.775. The summed E-state index contributed by atoms with van der Waals surface area (Å²) in [7, 11) is 1.60. The zero-order chi connectivity index (χ0) is 13.0. The van der Waals surface area contributed by atoms with Crippen LogP contribution >= 0.6 is 12.2 Å². The van der Waals surface area contributed by atoms with E-state index in [2.05, 4.69) is 10.3 Å². The molecule has 0 radical (unpaired) electrons. The van der Waals surface area contributed by atoms with Gasteiger partial charge in [0.2, 0.25) is 0 Å². The lowest BCUT2D eigenvalue weighted by molar-refractivity contribution is 0.161. The maximum Gasteiger partial charge on any atom is 0.266 e. The molecule has 5 nitrogen and oxygen atoms in total. The summed E-state index contributed by atoms with van der Waals surface area (Å²) in [6.45, 7) is 0.302. The molecule has 0 fully saturated rings. The maximum atomic E-state index is 9.90. The molecule has 1 aromatic carbocycles. The average Bonchev–Trinajstić information content (AvgIpc) is 2.83. The summed E-state index contributed by atoms with van der Waals surface area (Å²) in [5.41, 5.74) is 0.813. The molecule has 1 unspecified atom stereocenters. The highest BCUT2D eigenvalue weighted by molar-refractivity contribution is 7.71. The normalized spacial score (nSPS) is 12.1. The average molecular weight is 266 g/mol. The van der Waals surface area contributed by atoms with Crippen LogP contribution in [0.2, 0.25) is 0 Å². The van der Waals surface area contributed by atoms with Gasteiger partial charge in [-0.15, -0.1) is 0 Å². The monoisotopic (exact) mass is 266 g/mol. The van der Waals surface area contributed by atoms with Crippen molar-refractivity contribution in [1.82, 2.24) is 4.98 Å². The Kier molecular flexibility index (Phi) is 4.01. The van der Waals surface area contributed by atoms with Gasteiger partial charge in [-0.3, -0.25) is 0 Å². The first-order valence-electron chi connectivity index (χ1n) is 5.44. The molecule has 0 bridgehead atoms. The number of hydrogen-bond acceptors (Lipinski definition) is 5. The van der Waals surface area contributed by atoms with Gasteiger partial charge in [0.25, 0.3) is 4.84 Å². The molecule has 0 aliphatic carbocycles. The molecule has 0 spiro atoms. The third kappa shape index (κ3) is 2.91. The first-order valence-corrected chi connectivity index (χ1v) is 5.85. The standard InChI is InChI=1S/C12H14N2O3S/c1-16-10-5-3-2-4-8(10)13-6-9(15)11-7-14-12(18)17-11/h2-5,7,9,13,15H,6H2,1H3,(H,14,18). The number of hydrogen-bond donors (Lipinski definition) is 3. The number of benzene rings is 1. The molecule has 1 aromatic heterocycles. The van der Waals surface area contributed by atoms with Crippen LogP contribution in [0.4, 0.5) is 5.69 Å². The Morgan fingerprint density at radius 1 is 1.50 bits per heavy atom. The van der Waals surface area contributed by atoms with E-state index < -0.39 is 6.10 Å². The highest BCUT2D eigenvalue weighted by Crippen LogP contribution is 2.24. The summed E-state index contributed by atoms with van der Waals surface area (Å²) in [5.74, 6) is 1.13. The van der Waals surface area contributed by atoms with Crippen LogP contribution in [0.3, 0.4) is 0 Å². The van der Waals surface area contributed by atoms with Gasteiger partial charge in [-0.2, -0.15) is 0 Å². The lowest BCUT2D eigenvalue weighted by Gasteiger charge is -2.13. The number of rotatable bonds is 5. The second-order valence-corrected chi connectivity index (χ2v) is 4.05. The Morgan fingerprint density at radius 2 is 2.28 bits per heavy atom.